The van der Waals surface area contributed by atoms with E-state index in [1.165, 1.54) is 17.0 Å². The predicted molar refractivity (Wildman–Crippen MR) is 102 cm³/mol. The third-order valence-corrected chi connectivity index (χ3v) is 5.09. The summed E-state index contributed by atoms with van der Waals surface area (Å²) in [5.74, 6) is 0.336. The molecule has 0 saturated carbocycles. The molecule has 1 atom stereocenters. The number of nitrogens with one attached hydrogen (secondary N) is 1. The highest BCUT2D eigenvalue weighted by molar-refractivity contribution is 7.80. The van der Waals surface area contributed by atoms with Crippen molar-refractivity contribution in [3.8, 4) is 0 Å². The summed E-state index contributed by atoms with van der Waals surface area (Å²) in [5, 5.41) is 5.89. The minimum absolute atomic E-state index is 0.197. The van der Waals surface area contributed by atoms with E-state index < -0.39 is 0 Å². The summed E-state index contributed by atoms with van der Waals surface area (Å²) < 4.78 is 13.4. The lowest BCUT2D eigenvalue weighted by atomic mass is 10.1. The number of thiocarbonyl (C=S) groups is 1. The van der Waals surface area contributed by atoms with Crippen molar-refractivity contribution in [2.75, 3.05) is 11.9 Å². The molecular formula is C18H23FN2S2. The quantitative estimate of drug-likeness (QED) is 0.673. The molecule has 0 fully saturated rings. The standard InChI is InChI=1S/C18H23FN2S2/c1-13(2)9-10-21(14(3)17-8-5-11-23-17)18(22)20-16-7-4-6-15(19)12-16/h4-8,11-14H,9-10H2,1-3H3,(H,20,22)/t14-/m1/s1. The van der Waals surface area contributed by atoms with E-state index in [0.717, 1.165) is 13.0 Å². The maximum absolute atomic E-state index is 13.4. The van der Waals surface area contributed by atoms with E-state index in [0.29, 0.717) is 16.7 Å². The molecule has 0 aliphatic heterocycles. The fraction of sp³-hybridized carbons (Fsp3) is 0.389. The van der Waals surface area contributed by atoms with E-state index in [9.17, 15) is 4.39 Å². The number of nitrogens with zero attached hydrogens (tertiary/aromatic N) is 1. The third kappa shape index (κ3) is 5.29. The second-order valence-electron chi connectivity index (χ2n) is 6.01. The summed E-state index contributed by atoms with van der Waals surface area (Å²) in [6, 6.07) is 10.8. The Kier molecular flexibility index (Phi) is 6.54. The fourth-order valence-electron chi connectivity index (χ4n) is 2.31. The molecule has 0 amide bonds. The van der Waals surface area contributed by atoms with Crippen LogP contribution in [0, 0.1) is 11.7 Å². The summed E-state index contributed by atoms with van der Waals surface area (Å²) in [5.41, 5.74) is 0.683. The normalized spacial score (nSPS) is 12.2. The Morgan fingerprint density at radius 2 is 2.04 bits per heavy atom. The van der Waals surface area contributed by atoms with Gasteiger partial charge in [-0.15, -0.1) is 11.3 Å². The number of thiophene rings is 1. The number of hydrogen-bond acceptors (Lipinski definition) is 2. The van der Waals surface area contributed by atoms with Crippen LogP contribution in [0.1, 0.15) is 38.1 Å². The highest BCUT2D eigenvalue weighted by Gasteiger charge is 2.20. The van der Waals surface area contributed by atoms with E-state index >= 15 is 0 Å². The molecule has 0 radical (unpaired) electrons. The molecule has 0 saturated heterocycles. The number of benzene rings is 1. The van der Waals surface area contributed by atoms with Gasteiger partial charge in [0.25, 0.3) is 0 Å². The van der Waals surface area contributed by atoms with Crippen LogP contribution in [0.4, 0.5) is 10.1 Å². The van der Waals surface area contributed by atoms with E-state index in [-0.39, 0.29) is 11.9 Å². The smallest absolute Gasteiger partial charge is 0.173 e. The summed E-state index contributed by atoms with van der Waals surface area (Å²) in [6.07, 6.45) is 1.06. The van der Waals surface area contributed by atoms with Crippen molar-refractivity contribution in [3.63, 3.8) is 0 Å². The zero-order valence-corrected chi connectivity index (χ0v) is 15.4. The minimum atomic E-state index is -0.266. The lowest BCUT2D eigenvalue weighted by Gasteiger charge is -2.32. The lowest BCUT2D eigenvalue weighted by Crippen LogP contribution is -2.37. The van der Waals surface area contributed by atoms with Crippen LogP contribution in [-0.2, 0) is 0 Å². The van der Waals surface area contributed by atoms with E-state index in [1.807, 2.05) is 6.07 Å². The van der Waals surface area contributed by atoms with Crippen molar-refractivity contribution in [2.24, 2.45) is 5.92 Å². The van der Waals surface area contributed by atoms with Crippen LogP contribution in [0.15, 0.2) is 41.8 Å². The van der Waals surface area contributed by atoms with E-state index in [4.69, 9.17) is 12.2 Å². The third-order valence-electron chi connectivity index (χ3n) is 3.71. The van der Waals surface area contributed by atoms with Crippen LogP contribution >= 0.6 is 23.6 Å². The SMILES string of the molecule is CC(C)CCN(C(=S)Nc1cccc(F)c1)[C@H](C)c1cccs1. The van der Waals surface area contributed by atoms with Gasteiger partial charge in [0.05, 0.1) is 6.04 Å². The van der Waals surface area contributed by atoms with Crippen LogP contribution in [-0.4, -0.2) is 16.6 Å². The average Bonchev–Trinajstić information content (AvgIpc) is 3.01. The Hall–Kier alpha value is -1.46. The van der Waals surface area contributed by atoms with Gasteiger partial charge in [0.2, 0.25) is 0 Å². The van der Waals surface area contributed by atoms with Crippen molar-refractivity contribution < 1.29 is 4.39 Å². The van der Waals surface area contributed by atoms with Gasteiger partial charge in [0, 0.05) is 17.1 Å². The zero-order valence-electron chi connectivity index (χ0n) is 13.8. The second kappa shape index (κ2) is 8.41. The molecule has 124 valence electrons. The van der Waals surface area contributed by atoms with Crippen molar-refractivity contribution in [1.82, 2.24) is 4.90 Å². The van der Waals surface area contributed by atoms with Crippen LogP contribution in [0.2, 0.25) is 0 Å². The Morgan fingerprint density at radius 1 is 1.26 bits per heavy atom. The second-order valence-corrected chi connectivity index (χ2v) is 7.37. The average molecular weight is 351 g/mol. The largest absolute Gasteiger partial charge is 0.341 e. The van der Waals surface area contributed by atoms with Crippen LogP contribution < -0.4 is 5.32 Å². The highest BCUT2D eigenvalue weighted by atomic mass is 32.1. The van der Waals surface area contributed by atoms with Gasteiger partial charge in [-0.1, -0.05) is 26.0 Å². The topological polar surface area (TPSA) is 15.3 Å². The molecule has 0 bridgehead atoms. The molecule has 0 spiro atoms. The van der Waals surface area contributed by atoms with Crippen LogP contribution in [0.5, 0.6) is 0 Å². The van der Waals surface area contributed by atoms with Gasteiger partial charge >= 0.3 is 0 Å². The van der Waals surface area contributed by atoms with Gasteiger partial charge in [-0.3, -0.25) is 0 Å². The summed E-state index contributed by atoms with van der Waals surface area (Å²) in [4.78, 5) is 3.46. The Bertz CT molecular complexity index is 626. The molecule has 1 N–H and O–H groups in total. The zero-order chi connectivity index (χ0) is 16.8. The first-order chi connectivity index (χ1) is 11.0. The first-order valence-corrected chi connectivity index (χ1v) is 9.12. The first-order valence-electron chi connectivity index (χ1n) is 7.84. The van der Waals surface area contributed by atoms with Crippen LogP contribution in [0.25, 0.3) is 0 Å². The minimum Gasteiger partial charge on any atom is -0.341 e. The number of hydrogen-bond donors (Lipinski definition) is 1. The molecule has 1 aromatic heterocycles. The Labute approximate surface area is 147 Å². The number of anilines is 1. The number of rotatable bonds is 6. The monoisotopic (exact) mass is 350 g/mol. The molecular weight excluding hydrogens is 327 g/mol. The molecule has 5 heteroatoms. The molecule has 2 aromatic rings. The van der Waals surface area contributed by atoms with Gasteiger partial charge in [0.1, 0.15) is 5.82 Å². The van der Waals surface area contributed by atoms with Crippen molar-refractivity contribution in [2.45, 2.75) is 33.2 Å². The van der Waals surface area contributed by atoms with Gasteiger partial charge in [-0.2, -0.15) is 0 Å². The molecule has 0 aliphatic carbocycles. The fourth-order valence-corrected chi connectivity index (χ4v) is 3.48. The molecule has 0 unspecified atom stereocenters. The summed E-state index contributed by atoms with van der Waals surface area (Å²) in [7, 11) is 0. The van der Waals surface area contributed by atoms with Crippen molar-refractivity contribution in [3.05, 3.63) is 52.5 Å². The Morgan fingerprint density at radius 3 is 2.65 bits per heavy atom. The van der Waals surface area contributed by atoms with Gasteiger partial charge in [-0.25, -0.2) is 4.39 Å². The lowest BCUT2D eigenvalue weighted by molar-refractivity contribution is 0.322. The van der Waals surface area contributed by atoms with E-state index in [2.05, 4.69) is 48.5 Å². The first kappa shape index (κ1) is 17.9. The molecule has 2 rings (SSSR count). The van der Waals surface area contributed by atoms with Gasteiger partial charge < -0.3 is 10.2 Å². The summed E-state index contributed by atoms with van der Waals surface area (Å²) in [6.45, 7) is 7.44. The maximum Gasteiger partial charge on any atom is 0.173 e. The van der Waals surface area contributed by atoms with E-state index in [1.54, 1.807) is 17.4 Å². The van der Waals surface area contributed by atoms with Gasteiger partial charge in [0.15, 0.2) is 5.11 Å². The number of halogens is 1. The van der Waals surface area contributed by atoms with Crippen molar-refractivity contribution >= 4 is 34.4 Å². The molecule has 1 aromatic carbocycles. The highest BCUT2D eigenvalue weighted by Crippen LogP contribution is 2.26. The Balaban J connectivity index is 2.13. The predicted octanol–water partition coefficient (Wildman–Crippen LogP) is 5.69. The maximum atomic E-state index is 13.4. The van der Waals surface area contributed by atoms with Crippen molar-refractivity contribution in [1.29, 1.82) is 0 Å². The summed E-state index contributed by atoms with van der Waals surface area (Å²) >= 11 is 7.33. The molecule has 2 nitrogen and oxygen atoms in total. The molecule has 0 aliphatic rings. The van der Waals surface area contributed by atoms with Gasteiger partial charge in [-0.05, 0) is 61.1 Å². The molecule has 23 heavy (non-hydrogen) atoms. The molecule has 1 heterocycles. The van der Waals surface area contributed by atoms with Crippen LogP contribution in [0.3, 0.4) is 0 Å².